The van der Waals surface area contributed by atoms with Crippen LogP contribution in [0, 0.1) is 13.8 Å². The van der Waals surface area contributed by atoms with Gasteiger partial charge in [0.2, 0.25) is 0 Å². The third-order valence-corrected chi connectivity index (χ3v) is 7.59. The summed E-state index contributed by atoms with van der Waals surface area (Å²) >= 11 is 7.45. The number of carbonyl (C=O) groups is 2. The number of anilines is 1. The molecule has 1 aliphatic rings. The maximum atomic E-state index is 13.4. The van der Waals surface area contributed by atoms with E-state index < -0.39 is 17.7 Å². The number of ketones is 1. The largest absolute Gasteiger partial charge is 0.507 e. The fourth-order valence-electron chi connectivity index (χ4n) is 4.41. The van der Waals surface area contributed by atoms with E-state index >= 15 is 0 Å². The molecule has 7 heteroatoms. The summed E-state index contributed by atoms with van der Waals surface area (Å²) in [6.07, 6.45) is 0.863. The normalized spacial score (nSPS) is 17.5. The number of aliphatic hydroxyl groups is 1. The minimum Gasteiger partial charge on any atom is -0.507 e. The van der Waals surface area contributed by atoms with Crippen LogP contribution >= 0.6 is 22.9 Å². The number of rotatable bonds is 4. The molecule has 1 unspecified atom stereocenters. The third-order valence-electron chi connectivity index (χ3n) is 6.34. The van der Waals surface area contributed by atoms with E-state index in [2.05, 4.69) is 11.9 Å². The number of fused-ring (bicyclic) bond motifs is 1. The average Bonchev–Trinajstić information content (AvgIpc) is 3.38. The molecule has 0 aliphatic carbocycles. The van der Waals surface area contributed by atoms with Crippen LogP contribution in [-0.2, 0) is 16.0 Å². The van der Waals surface area contributed by atoms with E-state index in [9.17, 15) is 14.7 Å². The Labute approximate surface area is 212 Å². The molecule has 1 N–H and O–H groups in total. The molecule has 3 aromatic carbocycles. The van der Waals surface area contributed by atoms with Crippen molar-refractivity contribution in [3.63, 3.8) is 0 Å². The first-order valence-corrected chi connectivity index (χ1v) is 12.5. The maximum Gasteiger partial charge on any atom is 0.301 e. The molecule has 1 aromatic heterocycles. The highest BCUT2D eigenvalue weighted by atomic mass is 35.5. The Balaban J connectivity index is 1.75. The molecule has 176 valence electrons. The number of amides is 1. The monoisotopic (exact) mass is 502 g/mol. The van der Waals surface area contributed by atoms with Gasteiger partial charge < -0.3 is 5.11 Å². The number of Topliss-reactive ketones (excluding diaryl/α,β-unsaturated/α-hetero) is 1. The lowest BCUT2D eigenvalue weighted by molar-refractivity contribution is -0.132. The molecule has 0 radical (unpaired) electrons. The van der Waals surface area contributed by atoms with Gasteiger partial charge in [0.1, 0.15) is 5.76 Å². The van der Waals surface area contributed by atoms with Gasteiger partial charge in [-0.1, -0.05) is 71.8 Å². The Kier molecular flexibility index (Phi) is 5.95. The second-order valence-corrected chi connectivity index (χ2v) is 10.1. The summed E-state index contributed by atoms with van der Waals surface area (Å²) < 4.78 is 0.809. The third kappa shape index (κ3) is 4.03. The summed E-state index contributed by atoms with van der Waals surface area (Å²) in [4.78, 5) is 32.9. The summed E-state index contributed by atoms with van der Waals surface area (Å²) in [6, 6.07) is 17.9. The highest BCUT2D eigenvalue weighted by Gasteiger charge is 2.48. The van der Waals surface area contributed by atoms with Crippen LogP contribution < -0.4 is 4.90 Å². The van der Waals surface area contributed by atoms with Crippen molar-refractivity contribution in [1.82, 2.24) is 4.98 Å². The highest BCUT2D eigenvalue weighted by Crippen LogP contribution is 2.44. The van der Waals surface area contributed by atoms with Gasteiger partial charge in [0, 0.05) is 10.6 Å². The van der Waals surface area contributed by atoms with Gasteiger partial charge in [0.15, 0.2) is 5.13 Å². The summed E-state index contributed by atoms with van der Waals surface area (Å²) in [7, 11) is 0. The molecule has 1 fully saturated rings. The van der Waals surface area contributed by atoms with Gasteiger partial charge >= 0.3 is 5.91 Å². The summed E-state index contributed by atoms with van der Waals surface area (Å²) in [5.41, 5.74) is 4.90. The molecule has 1 atom stereocenters. The van der Waals surface area contributed by atoms with Crippen LogP contribution in [0.4, 0.5) is 5.13 Å². The quantitative estimate of drug-likeness (QED) is 0.190. The summed E-state index contributed by atoms with van der Waals surface area (Å²) in [5, 5.41) is 12.4. The number of aliphatic hydroxyl groups excluding tert-OH is 1. The lowest BCUT2D eigenvalue weighted by Crippen LogP contribution is -2.29. The molecule has 0 spiro atoms. The standard InChI is InChI=1S/C28H23ClN2O3S/c1-4-17-7-9-18(10-8-17)24-23(25(32)20-13-15(2)5-6-16(20)3)26(33)27(34)31(24)28-30-21-12-11-19(29)14-22(21)35-28/h5-14,24,32H,4H2,1-3H3. The highest BCUT2D eigenvalue weighted by molar-refractivity contribution is 7.22. The first-order valence-electron chi connectivity index (χ1n) is 11.3. The van der Waals surface area contributed by atoms with Gasteiger partial charge in [0.25, 0.3) is 5.78 Å². The van der Waals surface area contributed by atoms with Gasteiger partial charge in [-0.05, 0) is 61.2 Å². The Bertz CT molecular complexity index is 1520. The van der Waals surface area contributed by atoms with Crippen molar-refractivity contribution in [2.24, 2.45) is 0 Å². The van der Waals surface area contributed by atoms with E-state index in [1.54, 1.807) is 18.2 Å². The fraction of sp³-hybridized carbons (Fsp3) is 0.179. The van der Waals surface area contributed by atoms with Crippen LogP contribution in [0.15, 0.2) is 66.2 Å². The molecule has 35 heavy (non-hydrogen) atoms. The molecular formula is C28H23ClN2O3S. The zero-order valence-electron chi connectivity index (χ0n) is 19.5. The minimum absolute atomic E-state index is 0.0604. The van der Waals surface area contributed by atoms with E-state index in [-0.39, 0.29) is 11.3 Å². The maximum absolute atomic E-state index is 13.4. The molecule has 0 bridgehead atoms. The van der Waals surface area contributed by atoms with Crippen molar-refractivity contribution in [2.45, 2.75) is 33.2 Å². The Hall–Kier alpha value is -3.48. The van der Waals surface area contributed by atoms with E-state index in [1.165, 1.54) is 16.2 Å². The first kappa shape index (κ1) is 23.3. The number of halogens is 1. The topological polar surface area (TPSA) is 70.5 Å². The van der Waals surface area contributed by atoms with Gasteiger partial charge in [0.05, 0.1) is 21.8 Å². The SMILES string of the molecule is CCc1ccc(C2C(=C(O)c3cc(C)ccc3C)C(=O)C(=O)N2c2nc3ccc(Cl)cc3s2)cc1. The van der Waals surface area contributed by atoms with E-state index in [0.717, 1.165) is 33.4 Å². The number of benzene rings is 3. The number of nitrogens with zero attached hydrogens (tertiary/aromatic N) is 2. The van der Waals surface area contributed by atoms with Crippen LogP contribution in [0.2, 0.25) is 5.02 Å². The van der Waals surface area contributed by atoms with Gasteiger partial charge in [-0.3, -0.25) is 14.5 Å². The number of carbonyl (C=O) groups excluding carboxylic acids is 2. The van der Waals surface area contributed by atoms with Gasteiger partial charge in [-0.15, -0.1) is 0 Å². The first-order chi connectivity index (χ1) is 16.8. The number of aryl methyl sites for hydroxylation is 3. The molecule has 2 heterocycles. The second-order valence-electron chi connectivity index (χ2n) is 8.69. The average molecular weight is 503 g/mol. The minimum atomic E-state index is -0.808. The zero-order chi connectivity index (χ0) is 24.9. The van der Waals surface area contributed by atoms with Crippen molar-refractivity contribution in [3.05, 3.63) is 99.1 Å². The molecule has 1 saturated heterocycles. The van der Waals surface area contributed by atoms with Crippen molar-refractivity contribution >= 4 is 55.7 Å². The summed E-state index contributed by atoms with van der Waals surface area (Å²) in [5.74, 6) is -1.63. The van der Waals surface area contributed by atoms with Crippen LogP contribution in [0.5, 0.6) is 0 Å². The van der Waals surface area contributed by atoms with Crippen LogP contribution in [0.1, 0.15) is 40.8 Å². The Morgan fingerprint density at radius 2 is 1.80 bits per heavy atom. The molecular weight excluding hydrogens is 480 g/mol. The van der Waals surface area contributed by atoms with Crippen molar-refractivity contribution < 1.29 is 14.7 Å². The van der Waals surface area contributed by atoms with Crippen LogP contribution in [0.3, 0.4) is 0 Å². The number of thiazole rings is 1. The van der Waals surface area contributed by atoms with E-state index in [4.69, 9.17) is 11.6 Å². The number of hydrogen-bond donors (Lipinski definition) is 1. The van der Waals surface area contributed by atoms with Crippen LogP contribution in [0.25, 0.3) is 16.0 Å². The molecule has 5 rings (SSSR count). The molecule has 0 saturated carbocycles. The Morgan fingerprint density at radius 1 is 1.06 bits per heavy atom. The second kappa shape index (κ2) is 8.95. The lowest BCUT2D eigenvalue weighted by Gasteiger charge is -2.23. The predicted molar refractivity (Wildman–Crippen MR) is 141 cm³/mol. The summed E-state index contributed by atoms with van der Waals surface area (Å²) in [6.45, 7) is 5.85. The van der Waals surface area contributed by atoms with Crippen LogP contribution in [-0.4, -0.2) is 21.8 Å². The lowest BCUT2D eigenvalue weighted by atomic mass is 9.93. The van der Waals surface area contributed by atoms with E-state index in [0.29, 0.717) is 21.2 Å². The molecule has 1 aliphatic heterocycles. The molecule has 1 amide bonds. The van der Waals surface area contributed by atoms with Gasteiger partial charge in [-0.25, -0.2) is 4.98 Å². The number of aromatic nitrogens is 1. The van der Waals surface area contributed by atoms with E-state index in [1.807, 2.05) is 56.3 Å². The zero-order valence-corrected chi connectivity index (χ0v) is 21.1. The van der Waals surface area contributed by atoms with Gasteiger partial charge in [-0.2, -0.15) is 0 Å². The van der Waals surface area contributed by atoms with Crippen molar-refractivity contribution in [3.8, 4) is 0 Å². The van der Waals surface area contributed by atoms with Crippen molar-refractivity contribution in [1.29, 1.82) is 0 Å². The number of hydrogen-bond acceptors (Lipinski definition) is 5. The predicted octanol–water partition coefficient (Wildman–Crippen LogP) is 6.76. The fourth-order valence-corrected chi connectivity index (χ4v) is 5.67. The van der Waals surface area contributed by atoms with Crippen molar-refractivity contribution in [2.75, 3.05) is 4.90 Å². The molecule has 5 nitrogen and oxygen atoms in total. The Morgan fingerprint density at radius 3 is 2.51 bits per heavy atom. The smallest absolute Gasteiger partial charge is 0.301 e. The molecule has 4 aromatic rings.